The van der Waals surface area contributed by atoms with Gasteiger partial charge in [-0.05, 0) is 30.3 Å². The standard InChI is InChI=1S/C19H20N6O2/c1-26-16-9-8-13(10-17(16)27-2)18-14(11-22-23-19(20)21)12-25(24-18)15-6-4-3-5-7-15/h3-12H,1-2H3,(H4,20,21,23). The third-order valence-corrected chi connectivity index (χ3v) is 3.79. The van der Waals surface area contributed by atoms with Crippen LogP contribution in [0.1, 0.15) is 5.56 Å². The first-order valence-corrected chi connectivity index (χ1v) is 8.12. The molecule has 1 aromatic heterocycles. The van der Waals surface area contributed by atoms with E-state index in [9.17, 15) is 0 Å². The molecule has 138 valence electrons. The van der Waals surface area contributed by atoms with Crippen molar-refractivity contribution in [3.05, 3.63) is 60.3 Å². The van der Waals surface area contributed by atoms with Gasteiger partial charge in [-0.3, -0.25) is 0 Å². The lowest BCUT2D eigenvalue weighted by molar-refractivity contribution is 0.355. The van der Waals surface area contributed by atoms with Gasteiger partial charge in [-0.15, -0.1) is 5.10 Å². The fourth-order valence-corrected chi connectivity index (χ4v) is 2.56. The Kier molecular flexibility index (Phi) is 5.36. The van der Waals surface area contributed by atoms with Crippen molar-refractivity contribution >= 4 is 12.2 Å². The summed E-state index contributed by atoms with van der Waals surface area (Å²) in [6.45, 7) is 0. The molecule has 0 amide bonds. The van der Waals surface area contributed by atoms with E-state index >= 15 is 0 Å². The summed E-state index contributed by atoms with van der Waals surface area (Å²) in [7, 11) is 3.18. The molecule has 0 fully saturated rings. The van der Waals surface area contributed by atoms with Crippen LogP contribution in [0.25, 0.3) is 16.9 Å². The van der Waals surface area contributed by atoms with Gasteiger partial charge >= 0.3 is 0 Å². The number of para-hydroxylation sites is 1. The highest BCUT2D eigenvalue weighted by molar-refractivity contribution is 5.89. The van der Waals surface area contributed by atoms with Crippen LogP contribution < -0.4 is 20.9 Å². The van der Waals surface area contributed by atoms with Gasteiger partial charge in [-0.25, -0.2) is 4.68 Å². The van der Waals surface area contributed by atoms with Crippen LogP contribution in [0.15, 0.2) is 64.9 Å². The van der Waals surface area contributed by atoms with Gasteiger partial charge in [-0.2, -0.15) is 10.2 Å². The molecule has 0 atom stereocenters. The quantitative estimate of drug-likeness (QED) is 0.395. The number of rotatable bonds is 6. The summed E-state index contributed by atoms with van der Waals surface area (Å²) in [6, 6.07) is 15.3. The fourth-order valence-electron chi connectivity index (χ4n) is 2.56. The van der Waals surface area contributed by atoms with Crippen molar-refractivity contribution in [1.29, 1.82) is 0 Å². The first kappa shape index (κ1) is 18.0. The molecule has 0 aliphatic rings. The number of hydrogen-bond donors (Lipinski definition) is 2. The maximum absolute atomic E-state index is 5.39. The molecule has 0 saturated heterocycles. The van der Waals surface area contributed by atoms with E-state index in [2.05, 4.69) is 10.2 Å². The lowest BCUT2D eigenvalue weighted by Crippen LogP contribution is -2.21. The Labute approximate surface area is 156 Å². The number of guanidine groups is 1. The average Bonchev–Trinajstić information content (AvgIpc) is 3.12. The van der Waals surface area contributed by atoms with Crippen LogP contribution in [-0.4, -0.2) is 36.2 Å². The first-order chi connectivity index (χ1) is 13.1. The van der Waals surface area contributed by atoms with E-state index in [1.54, 1.807) is 25.1 Å². The van der Waals surface area contributed by atoms with E-state index in [4.69, 9.17) is 26.0 Å². The Bertz CT molecular complexity index is 975. The van der Waals surface area contributed by atoms with Crippen molar-refractivity contribution in [3.63, 3.8) is 0 Å². The van der Waals surface area contributed by atoms with Crippen LogP contribution in [0.4, 0.5) is 0 Å². The molecule has 27 heavy (non-hydrogen) atoms. The maximum atomic E-state index is 5.39. The molecule has 3 rings (SSSR count). The van der Waals surface area contributed by atoms with Gasteiger partial charge in [-0.1, -0.05) is 18.2 Å². The molecular formula is C19H20N6O2. The predicted molar refractivity (Wildman–Crippen MR) is 106 cm³/mol. The molecule has 0 saturated carbocycles. The Morgan fingerprint density at radius 1 is 1.04 bits per heavy atom. The van der Waals surface area contributed by atoms with E-state index in [0.29, 0.717) is 17.2 Å². The van der Waals surface area contributed by atoms with Crippen molar-refractivity contribution in [2.24, 2.45) is 21.7 Å². The van der Waals surface area contributed by atoms with Gasteiger partial charge in [0, 0.05) is 17.3 Å². The summed E-state index contributed by atoms with van der Waals surface area (Å²) in [6.07, 6.45) is 3.41. The van der Waals surface area contributed by atoms with Crippen molar-refractivity contribution in [2.45, 2.75) is 0 Å². The van der Waals surface area contributed by atoms with Crippen LogP contribution in [-0.2, 0) is 0 Å². The molecule has 8 nitrogen and oxygen atoms in total. The van der Waals surface area contributed by atoms with Crippen molar-refractivity contribution in [2.75, 3.05) is 14.2 Å². The molecule has 0 radical (unpaired) electrons. The van der Waals surface area contributed by atoms with Crippen molar-refractivity contribution < 1.29 is 9.47 Å². The largest absolute Gasteiger partial charge is 0.493 e. The lowest BCUT2D eigenvalue weighted by atomic mass is 10.1. The molecule has 3 aromatic rings. The van der Waals surface area contributed by atoms with Gasteiger partial charge in [0.15, 0.2) is 11.5 Å². The van der Waals surface area contributed by atoms with Crippen molar-refractivity contribution in [3.8, 4) is 28.4 Å². The van der Waals surface area contributed by atoms with E-state index in [1.807, 2.05) is 54.7 Å². The number of ether oxygens (including phenoxy) is 2. The molecule has 4 N–H and O–H groups in total. The molecule has 2 aromatic carbocycles. The molecular weight excluding hydrogens is 344 g/mol. The molecule has 0 aliphatic carbocycles. The zero-order valence-electron chi connectivity index (χ0n) is 15.0. The van der Waals surface area contributed by atoms with E-state index < -0.39 is 0 Å². The number of methoxy groups -OCH3 is 2. The zero-order chi connectivity index (χ0) is 19.2. The number of nitrogens with two attached hydrogens (primary N) is 2. The number of aromatic nitrogens is 2. The monoisotopic (exact) mass is 364 g/mol. The van der Waals surface area contributed by atoms with Gasteiger partial charge in [0.25, 0.3) is 0 Å². The summed E-state index contributed by atoms with van der Waals surface area (Å²) in [5.41, 5.74) is 13.9. The van der Waals surface area contributed by atoms with Gasteiger partial charge in [0.1, 0.15) is 5.69 Å². The third-order valence-electron chi connectivity index (χ3n) is 3.79. The van der Waals surface area contributed by atoms with Crippen LogP contribution >= 0.6 is 0 Å². The third kappa shape index (κ3) is 4.06. The van der Waals surface area contributed by atoms with Crippen LogP contribution in [0, 0.1) is 0 Å². The van der Waals surface area contributed by atoms with Gasteiger partial charge < -0.3 is 20.9 Å². The van der Waals surface area contributed by atoms with E-state index in [0.717, 1.165) is 16.8 Å². The Hall–Kier alpha value is -3.81. The highest BCUT2D eigenvalue weighted by Crippen LogP contribution is 2.33. The lowest BCUT2D eigenvalue weighted by Gasteiger charge is -2.08. The van der Waals surface area contributed by atoms with Crippen molar-refractivity contribution in [1.82, 2.24) is 9.78 Å². The topological polar surface area (TPSA) is 113 Å². The highest BCUT2D eigenvalue weighted by atomic mass is 16.5. The second-order valence-corrected chi connectivity index (χ2v) is 5.55. The normalized spacial score (nSPS) is 10.7. The summed E-state index contributed by atoms with van der Waals surface area (Å²) >= 11 is 0. The van der Waals surface area contributed by atoms with E-state index in [-0.39, 0.29) is 5.96 Å². The Balaban J connectivity index is 2.11. The maximum Gasteiger partial charge on any atom is 0.211 e. The van der Waals surface area contributed by atoms with Crippen LogP contribution in [0.2, 0.25) is 0 Å². The average molecular weight is 364 g/mol. The Morgan fingerprint density at radius 3 is 2.44 bits per heavy atom. The molecule has 0 unspecified atom stereocenters. The molecule has 8 heteroatoms. The second-order valence-electron chi connectivity index (χ2n) is 5.55. The second kappa shape index (κ2) is 8.05. The minimum Gasteiger partial charge on any atom is -0.493 e. The van der Waals surface area contributed by atoms with Gasteiger partial charge in [0.05, 0.1) is 26.1 Å². The summed E-state index contributed by atoms with van der Waals surface area (Å²) < 4.78 is 12.5. The van der Waals surface area contributed by atoms with Crippen LogP contribution in [0.3, 0.4) is 0 Å². The highest BCUT2D eigenvalue weighted by Gasteiger charge is 2.14. The fraction of sp³-hybridized carbons (Fsp3) is 0.105. The van der Waals surface area contributed by atoms with E-state index in [1.165, 1.54) is 0 Å². The first-order valence-electron chi connectivity index (χ1n) is 8.12. The summed E-state index contributed by atoms with van der Waals surface area (Å²) in [5.74, 6) is 1.13. The smallest absolute Gasteiger partial charge is 0.211 e. The zero-order valence-corrected chi connectivity index (χ0v) is 15.0. The summed E-state index contributed by atoms with van der Waals surface area (Å²) in [4.78, 5) is 0. The minimum absolute atomic E-state index is 0.116. The SMILES string of the molecule is COc1ccc(-c2nn(-c3ccccc3)cc2C=NN=C(N)N)cc1OC. The number of hydrogen-bond acceptors (Lipinski definition) is 5. The minimum atomic E-state index is -0.116. The van der Waals surface area contributed by atoms with Crippen LogP contribution in [0.5, 0.6) is 11.5 Å². The molecule has 1 heterocycles. The number of benzene rings is 2. The molecule has 0 bridgehead atoms. The molecule has 0 aliphatic heterocycles. The Morgan fingerprint density at radius 2 is 1.78 bits per heavy atom. The summed E-state index contributed by atoms with van der Waals surface area (Å²) in [5, 5.41) is 12.3. The number of nitrogens with zero attached hydrogens (tertiary/aromatic N) is 4. The van der Waals surface area contributed by atoms with Gasteiger partial charge in [0.2, 0.25) is 5.96 Å². The molecule has 0 spiro atoms. The predicted octanol–water partition coefficient (Wildman–Crippen LogP) is 2.16.